The van der Waals surface area contributed by atoms with Crippen LogP contribution in [-0.2, 0) is 30.0 Å². The Kier molecular flexibility index (Phi) is 3.33. The molecule has 0 N–H and O–H groups in total. The normalized spacial score (nSPS) is 12.9. The minimum absolute atomic E-state index is 0.589. The summed E-state index contributed by atoms with van der Waals surface area (Å²) in [5.74, 6) is -2.04. The van der Waals surface area contributed by atoms with E-state index in [4.69, 9.17) is 0 Å². The highest BCUT2D eigenvalue weighted by Gasteiger charge is 2.46. The summed E-state index contributed by atoms with van der Waals surface area (Å²) in [6.45, 7) is 0. The number of rotatable bonds is 3. The van der Waals surface area contributed by atoms with Crippen molar-refractivity contribution in [2.24, 2.45) is 0 Å². The van der Waals surface area contributed by atoms with Crippen LogP contribution in [0.15, 0.2) is 0 Å². The van der Waals surface area contributed by atoms with Gasteiger partial charge in [0.25, 0.3) is 0 Å². The van der Waals surface area contributed by atoms with E-state index >= 15 is 0 Å². The van der Waals surface area contributed by atoms with Gasteiger partial charge in [-0.25, -0.2) is 4.79 Å². The van der Waals surface area contributed by atoms with Crippen molar-refractivity contribution in [1.82, 2.24) is 0 Å². The van der Waals surface area contributed by atoms with E-state index in [0.717, 1.165) is 0 Å². The molecular formula is C3H4F2O6S2. The third-order valence-corrected chi connectivity index (χ3v) is 3.69. The topological polar surface area (TPSA) is 94.6 Å². The van der Waals surface area contributed by atoms with Gasteiger partial charge in [-0.1, -0.05) is 0 Å². The molecule has 0 aromatic carbocycles. The fourth-order valence-electron chi connectivity index (χ4n) is 0.463. The average molecular weight is 238 g/mol. The molecule has 13 heavy (non-hydrogen) atoms. The predicted molar refractivity (Wildman–Crippen MR) is 35.9 cm³/mol. The Bertz CT molecular complexity index is 362. The number of hydrogen-bond acceptors (Lipinski definition) is 6. The quantitative estimate of drug-likeness (QED) is 0.466. The summed E-state index contributed by atoms with van der Waals surface area (Å²) in [5.41, 5.74) is 0. The van der Waals surface area contributed by atoms with E-state index in [9.17, 15) is 29.4 Å². The summed E-state index contributed by atoms with van der Waals surface area (Å²) < 4.78 is 64.2. The Morgan fingerprint density at radius 1 is 1.15 bits per heavy atom. The fourth-order valence-corrected chi connectivity index (χ4v) is 2.21. The Morgan fingerprint density at radius 2 is 1.46 bits per heavy atom. The number of hydrogen-bond donors (Lipinski definition) is 0. The third-order valence-electron chi connectivity index (χ3n) is 0.905. The summed E-state index contributed by atoms with van der Waals surface area (Å²) in [6.07, 6.45) is 0. The largest absolute Gasteiger partial charge is 0.467 e. The monoisotopic (exact) mass is 238 g/mol. The maximum Gasteiger partial charge on any atom is 0.345 e. The number of carbonyl (C=O) groups excluding carboxylic acids is 1. The van der Waals surface area contributed by atoms with Crippen LogP contribution in [-0.4, -0.2) is 34.5 Å². The van der Waals surface area contributed by atoms with Gasteiger partial charge >= 0.3 is 31.0 Å². The zero-order valence-corrected chi connectivity index (χ0v) is 7.73. The van der Waals surface area contributed by atoms with E-state index in [1.807, 2.05) is 0 Å². The summed E-state index contributed by atoms with van der Waals surface area (Å²) in [7, 11) is -11.2. The molecule has 0 radical (unpaired) electrons. The van der Waals surface area contributed by atoms with Crippen molar-refractivity contribution >= 4 is 26.4 Å². The molecule has 0 saturated heterocycles. The molecule has 0 bridgehead atoms. The zero-order valence-electron chi connectivity index (χ0n) is 6.10. The van der Waals surface area contributed by atoms with Gasteiger partial charge in [0.2, 0.25) is 0 Å². The van der Waals surface area contributed by atoms with Crippen LogP contribution in [0.1, 0.15) is 0 Å². The fraction of sp³-hybridized carbons (Fsp3) is 0.667. The first kappa shape index (κ1) is 12.2. The minimum atomic E-state index is -5.87. The lowest BCUT2D eigenvalue weighted by Gasteiger charge is -2.04. The van der Waals surface area contributed by atoms with Crippen molar-refractivity contribution in [1.29, 1.82) is 0 Å². The van der Waals surface area contributed by atoms with Gasteiger partial charge in [-0.3, -0.25) is 0 Å². The lowest BCUT2D eigenvalue weighted by molar-refractivity contribution is -0.138. The molecular weight excluding hydrogens is 234 g/mol. The molecule has 0 aliphatic rings. The van der Waals surface area contributed by atoms with Crippen LogP contribution in [0.25, 0.3) is 0 Å². The van der Waals surface area contributed by atoms with Crippen molar-refractivity contribution in [2.75, 3.05) is 7.11 Å². The van der Waals surface area contributed by atoms with Crippen molar-refractivity contribution in [3.63, 3.8) is 0 Å². The molecule has 0 aliphatic carbocycles. The molecule has 0 amide bonds. The molecule has 78 valence electrons. The van der Waals surface area contributed by atoms with Crippen LogP contribution in [0.5, 0.6) is 0 Å². The van der Waals surface area contributed by atoms with Gasteiger partial charge in [-0.2, -0.15) is 16.8 Å². The summed E-state index contributed by atoms with van der Waals surface area (Å²) in [6, 6.07) is 0. The van der Waals surface area contributed by atoms with Gasteiger partial charge in [0.15, 0.2) is 0 Å². The van der Waals surface area contributed by atoms with Gasteiger partial charge < -0.3 is 4.74 Å². The summed E-state index contributed by atoms with van der Waals surface area (Å²) in [4.78, 5) is 10.3. The van der Waals surface area contributed by atoms with E-state index in [1.54, 1.807) is 0 Å². The predicted octanol–water partition coefficient (Wildman–Crippen LogP) is -0.916. The van der Waals surface area contributed by atoms with Gasteiger partial charge in [0.1, 0.15) is 0 Å². The van der Waals surface area contributed by atoms with Gasteiger partial charge in [0.05, 0.1) is 7.11 Å². The molecule has 0 heterocycles. The standard InChI is InChI=1S/C3H4F2O6S2/c1-11-2(6)3(12(4,7)8)13(5,9)10/h3H,1H3. The minimum Gasteiger partial charge on any atom is -0.467 e. The summed E-state index contributed by atoms with van der Waals surface area (Å²) >= 11 is 0. The van der Waals surface area contributed by atoms with E-state index in [2.05, 4.69) is 4.74 Å². The zero-order chi connectivity index (χ0) is 10.9. The number of halogens is 2. The molecule has 0 fully saturated rings. The van der Waals surface area contributed by atoms with Crippen LogP contribution >= 0.6 is 0 Å². The first-order chi connectivity index (χ1) is 5.60. The van der Waals surface area contributed by atoms with Crippen LogP contribution in [0.2, 0.25) is 0 Å². The number of methoxy groups -OCH3 is 1. The lowest BCUT2D eigenvalue weighted by atomic mass is 10.8. The van der Waals surface area contributed by atoms with Crippen LogP contribution in [0.3, 0.4) is 0 Å². The molecule has 0 aromatic rings. The first-order valence-electron chi connectivity index (χ1n) is 2.55. The lowest BCUT2D eigenvalue weighted by Crippen LogP contribution is -2.34. The molecule has 0 aromatic heterocycles. The maximum absolute atomic E-state index is 12.0. The first-order valence-corrected chi connectivity index (χ1v) is 5.45. The third kappa shape index (κ3) is 3.22. The number of ether oxygens (including phenoxy) is 1. The number of esters is 1. The van der Waals surface area contributed by atoms with Crippen molar-refractivity contribution < 1.29 is 34.1 Å². The van der Waals surface area contributed by atoms with E-state index < -0.39 is 31.0 Å². The number of carbonyl (C=O) groups is 1. The molecule has 0 rings (SSSR count). The Labute approximate surface area is 72.9 Å². The van der Waals surface area contributed by atoms with E-state index in [1.165, 1.54) is 0 Å². The second-order valence-electron chi connectivity index (χ2n) is 1.81. The molecule has 0 spiro atoms. The highest BCUT2D eigenvalue weighted by Crippen LogP contribution is 2.14. The highest BCUT2D eigenvalue weighted by atomic mass is 32.3. The van der Waals surface area contributed by atoms with Gasteiger partial charge in [-0.05, 0) is 0 Å². The second kappa shape index (κ2) is 3.54. The second-order valence-corrected chi connectivity index (χ2v) is 4.95. The SMILES string of the molecule is COC(=O)C(S(=O)(=O)F)S(=O)(=O)F. The van der Waals surface area contributed by atoms with E-state index in [-0.39, 0.29) is 0 Å². The van der Waals surface area contributed by atoms with Crippen LogP contribution in [0.4, 0.5) is 7.77 Å². The van der Waals surface area contributed by atoms with Crippen molar-refractivity contribution in [3.05, 3.63) is 0 Å². The van der Waals surface area contributed by atoms with Crippen LogP contribution in [0, 0.1) is 0 Å². The summed E-state index contributed by atoms with van der Waals surface area (Å²) in [5, 5.41) is 0. The van der Waals surface area contributed by atoms with Crippen molar-refractivity contribution in [2.45, 2.75) is 4.58 Å². The molecule has 6 nitrogen and oxygen atoms in total. The highest BCUT2D eigenvalue weighted by molar-refractivity contribution is 8.05. The van der Waals surface area contributed by atoms with E-state index in [0.29, 0.717) is 7.11 Å². The Hall–Kier alpha value is -0.770. The van der Waals surface area contributed by atoms with Gasteiger partial charge in [0, 0.05) is 0 Å². The molecule has 0 saturated carbocycles. The Morgan fingerprint density at radius 3 is 1.54 bits per heavy atom. The smallest absolute Gasteiger partial charge is 0.345 e. The maximum atomic E-state index is 12.0. The molecule has 10 heteroatoms. The molecule has 0 aliphatic heterocycles. The molecule has 0 unspecified atom stereocenters. The average Bonchev–Trinajstić information content (AvgIpc) is 1.80. The Balaban J connectivity index is 5.40. The van der Waals surface area contributed by atoms with Crippen LogP contribution < -0.4 is 0 Å². The van der Waals surface area contributed by atoms with Gasteiger partial charge in [-0.15, -0.1) is 7.77 Å². The van der Waals surface area contributed by atoms with Crippen molar-refractivity contribution in [3.8, 4) is 0 Å². The molecule has 0 atom stereocenters.